The Morgan fingerprint density at radius 3 is 2.50 bits per heavy atom. The molecule has 5 aromatic rings. The summed E-state index contributed by atoms with van der Waals surface area (Å²) in [7, 11) is 0. The van der Waals surface area contributed by atoms with Gasteiger partial charge in [0.25, 0.3) is 0 Å². The van der Waals surface area contributed by atoms with E-state index in [1.807, 2.05) is 48.1 Å². The number of para-hydroxylation sites is 2. The lowest BCUT2D eigenvalue weighted by Crippen LogP contribution is -2.44. The molecule has 6 rings (SSSR count). The normalized spacial score (nSPS) is 14.2. The number of aromatic nitrogens is 7. The van der Waals surface area contributed by atoms with Gasteiger partial charge in [0.1, 0.15) is 5.82 Å². The molecule has 0 spiro atoms. The van der Waals surface area contributed by atoms with Crippen LogP contribution in [0.3, 0.4) is 0 Å². The van der Waals surface area contributed by atoms with Crippen molar-refractivity contribution in [3.05, 3.63) is 72.3 Å². The second kappa shape index (κ2) is 9.86. The number of aryl methyl sites for hydroxylation is 1. The SMILES string of the molecule is Cc1nc2ccccc2n1-c1nc(NC(C)(C)Cc2ccccc2-c2cn[nH]c2)nc(N2CCNCC2)n1. The molecule has 38 heavy (non-hydrogen) atoms. The van der Waals surface area contributed by atoms with E-state index in [1.54, 1.807) is 0 Å². The smallest absolute Gasteiger partial charge is 0.242 e. The fraction of sp³-hybridized carbons (Fsp3) is 0.321. The molecule has 0 radical (unpaired) electrons. The van der Waals surface area contributed by atoms with E-state index >= 15 is 0 Å². The lowest BCUT2D eigenvalue weighted by atomic mass is 9.90. The van der Waals surface area contributed by atoms with Gasteiger partial charge in [-0.15, -0.1) is 0 Å². The zero-order valence-corrected chi connectivity index (χ0v) is 21.9. The van der Waals surface area contributed by atoms with Crippen LogP contribution in [0.2, 0.25) is 0 Å². The first-order valence-electron chi connectivity index (χ1n) is 13.0. The van der Waals surface area contributed by atoms with Crippen LogP contribution in [0.4, 0.5) is 11.9 Å². The topological polar surface area (TPSA) is 112 Å². The predicted octanol–water partition coefficient (Wildman–Crippen LogP) is 3.75. The Morgan fingerprint density at radius 1 is 0.921 bits per heavy atom. The molecule has 0 amide bonds. The summed E-state index contributed by atoms with van der Waals surface area (Å²) >= 11 is 0. The highest BCUT2D eigenvalue weighted by Gasteiger charge is 2.25. The first-order chi connectivity index (χ1) is 18.5. The van der Waals surface area contributed by atoms with E-state index in [0.717, 1.165) is 60.6 Å². The number of imidazole rings is 1. The fourth-order valence-corrected chi connectivity index (χ4v) is 5.09. The van der Waals surface area contributed by atoms with E-state index in [9.17, 15) is 0 Å². The summed E-state index contributed by atoms with van der Waals surface area (Å²) in [5, 5.41) is 14.1. The summed E-state index contributed by atoms with van der Waals surface area (Å²) in [4.78, 5) is 21.7. The fourth-order valence-electron chi connectivity index (χ4n) is 5.09. The molecule has 0 bridgehead atoms. The third-order valence-corrected chi connectivity index (χ3v) is 6.85. The van der Waals surface area contributed by atoms with Gasteiger partial charge in [-0.05, 0) is 50.5 Å². The molecule has 10 nitrogen and oxygen atoms in total. The van der Waals surface area contributed by atoms with Gasteiger partial charge in [-0.2, -0.15) is 20.1 Å². The Balaban J connectivity index is 1.37. The largest absolute Gasteiger partial charge is 0.349 e. The van der Waals surface area contributed by atoms with Gasteiger partial charge in [-0.1, -0.05) is 36.4 Å². The van der Waals surface area contributed by atoms with E-state index in [4.69, 9.17) is 19.9 Å². The molecule has 0 unspecified atom stereocenters. The van der Waals surface area contributed by atoms with Crippen LogP contribution >= 0.6 is 0 Å². The van der Waals surface area contributed by atoms with Crippen molar-refractivity contribution in [1.29, 1.82) is 0 Å². The van der Waals surface area contributed by atoms with Gasteiger partial charge in [-0.25, -0.2) is 4.98 Å². The molecule has 10 heteroatoms. The van der Waals surface area contributed by atoms with Crippen LogP contribution in [0.25, 0.3) is 28.1 Å². The Morgan fingerprint density at radius 2 is 1.68 bits per heavy atom. The third kappa shape index (κ3) is 4.82. The number of anilines is 2. The van der Waals surface area contributed by atoms with Gasteiger partial charge >= 0.3 is 0 Å². The average Bonchev–Trinajstić information content (AvgIpc) is 3.56. The second-order valence-electron chi connectivity index (χ2n) is 10.3. The van der Waals surface area contributed by atoms with Crippen LogP contribution in [0.1, 0.15) is 25.2 Å². The van der Waals surface area contributed by atoms with Crippen LogP contribution < -0.4 is 15.5 Å². The first-order valence-corrected chi connectivity index (χ1v) is 13.0. The maximum absolute atomic E-state index is 4.92. The predicted molar refractivity (Wildman–Crippen MR) is 150 cm³/mol. The van der Waals surface area contributed by atoms with Crippen molar-refractivity contribution in [3.8, 4) is 17.1 Å². The monoisotopic (exact) mass is 508 g/mol. The zero-order valence-electron chi connectivity index (χ0n) is 21.9. The molecule has 4 heterocycles. The number of nitrogens with one attached hydrogen (secondary N) is 3. The number of fused-ring (bicyclic) bond motifs is 1. The molecule has 3 N–H and O–H groups in total. The minimum Gasteiger partial charge on any atom is -0.349 e. The summed E-state index contributed by atoms with van der Waals surface area (Å²) in [5.74, 6) is 2.62. The highest BCUT2D eigenvalue weighted by atomic mass is 15.4. The van der Waals surface area contributed by atoms with Crippen LogP contribution in [-0.4, -0.2) is 66.4 Å². The maximum Gasteiger partial charge on any atom is 0.242 e. The van der Waals surface area contributed by atoms with Gasteiger partial charge in [0.2, 0.25) is 17.8 Å². The molecule has 1 aliphatic heterocycles. The number of hydrogen-bond donors (Lipinski definition) is 3. The molecule has 0 aliphatic carbocycles. The highest BCUT2D eigenvalue weighted by Crippen LogP contribution is 2.28. The molecule has 194 valence electrons. The Hall–Kier alpha value is -4.31. The zero-order chi connectivity index (χ0) is 26.1. The molecule has 0 atom stereocenters. The van der Waals surface area contributed by atoms with E-state index in [0.29, 0.717) is 17.8 Å². The summed E-state index contributed by atoms with van der Waals surface area (Å²) in [6, 6.07) is 16.5. The molecule has 1 aliphatic rings. The quantitative estimate of drug-likeness (QED) is 0.305. The van der Waals surface area contributed by atoms with Crippen molar-refractivity contribution in [1.82, 2.24) is 40.0 Å². The Labute approximate surface area is 221 Å². The maximum atomic E-state index is 4.92. The van der Waals surface area contributed by atoms with Gasteiger partial charge in [-0.3, -0.25) is 9.67 Å². The van der Waals surface area contributed by atoms with E-state index < -0.39 is 0 Å². The van der Waals surface area contributed by atoms with E-state index in [1.165, 1.54) is 5.56 Å². The third-order valence-electron chi connectivity index (χ3n) is 6.85. The van der Waals surface area contributed by atoms with Crippen LogP contribution in [0, 0.1) is 6.92 Å². The summed E-state index contributed by atoms with van der Waals surface area (Å²) in [6.07, 6.45) is 4.55. The Kier molecular flexibility index (Phi) is 6.24. The van der Waals surface area contributed by atoms with Gasteiger partial charge in [0, 0.05) is 43.5 Å². The number of H-pyrrole nitrogens is 1. The molecule has 1 fully saturated rings. The van der Waals surface area contributed by atoms with Crippen molar-refractivity contribution in [2.24, 2.45) is 0 Å². The first kappa shape index (κ1) is 24.1. The van der Waals surface area contributed by atoms with Gasteiger partial charge in [0.15, 0.2) is 0 Å². The molecule has 2 aromatic carbocycles. The summed E-state index contributed by atoms with van der Waals surface area (Å²) in [5.41, 5.74) is 5.00. The minimum atomic E-state index is -0.342. The van der Waals surface area contributed by atoms with Crippen molar-refractivity contribution in [2.45, 2.75) is 32.7 Å². The number of rotatable bonds is 7. The Bertz CT molecular complexity index is 1550. The molecule has 0 saturated carbocycles. The van der Waals surface area contributed by atoms with E-state index in [2.05, 4.69) is 63.8 Å². The van der Waals surface area contributed by atoms with Crippen molar-refractivity contribution >= 4 is 22.9 Å². The lowest BCUT2D eigenvalue weighted by Gasteiger charge is -2.30. The number of benzene rings is 2. The van der Waals surface area contributed by atoms with Crippen LogP contribution in [0.15, 0.2) is 60.9 Å². The molecular formula is C28H32N10. The number of aromatic amines is 1. The number of nitrogens with zero attached hydrogens (tertiary/aromatic N) is 7. The molecular weight excluding hydrogens is 476 g/mol. The van der Waals surface area contributed by atoms with Crippen molar-refractivity contribution < 1.29 is 0 Å². The number of piperazine rings is 1. The standard InChI is InChI=1S/C28H32N10/c1-19-32-23-10-6-7-11-24(23)38(19)27-34-25(33-26(35-27)37-14-12-29-13-15-37)36-28(2,3)16-20-8-4-5-9-22(20)21-17-30-31-18-21/h4-11,17-18,29H,12-16H2,1-3H3,(H,30,31)(H,33,34,35,36). The lowest BCUT2D eigenvalue weighted by molar-refractivity contribution is 0.554. The molecule has 3 aromatic heterocycles. The average molecular weight is 509 g/mol. The second-order valence-corrected chi connectivity index (χ2v) is 10.3. The van der Waals surface area contributed by atoms with Gasteiger partial charge < -0.3 is 15.5 Å². The van der Waals surface area contributed by atoms with Crippen molar-refractivity contribution in [2.75, 3.05) is 36.4 Å². The van der Waals surface area contributed by atoms with Crippen molar-refractivity contribution in [3.63, 3.8) is 0 Å². The summed E-state index contributed by atoms with van der Waals surface area (Å²) in [6.45, 7) is 9.80. The van der Waals surface area contributed by atoms with Crippen LogP contribution in [0.5, 0.6) is 0 Å². The summed E-state index contributed by atoms with van der Waals surface area (Å²) < 4.78 is 2.01. The van der Waals surface area contributed by atoms with Gasteiger partial charge in [0.05, 0.1) is 17.2 Å². The van der Waals surface area contributed by atoms with Crippen LogP contribution in [-0.2, 0) is 6.42 Å². The highest BCUT2D eigenvalue weighted by molar-refractivity contribution is 5.77. The van der Waals surface area contributed by atoms with E-state index in [-0.39, 0.29) is 5.54 Å². The molecule has 1 saturated heterocycles. The number of hydrogen-bond acceptors (Lipinski definition) is 8. The minimum absolute atomic E-state index is 0.342.